The summed E-state index contributed by atoms with van der Waals surface area (Å²) in [5.74, 6) is 0.00741. The third-order valence-corrected chi connectivity index (χ3v) is 1.60. The lowest BCUT2D eigenvalue weighted by molar-refractivity contribution is 0.0985. The Hall–Kier alpha value is -1.80. The fourth-order valence-corrected chi connectivity index (χ4v) is 0.965. The lowest BCUT2D eigenvalue weighted by Gasteiger charge is -1.96. The van der Waals surface area contributed by atoms with Crippen LogP contribution in [0, 0.1) is 0 Å². The van der Waals surface area contributed by atoms with Gasteiger partial charge in [-0.05, 0) is 5.53 Å². The zero-order chi connectivity index (χ0) is 9.52. The molecule has 0 saturated heterocycles. The summed E-state index contributed by atoms with van der Waals surface area (Å²) in [5.41, 5.74) is 8.66. The molecule has 0 radical (unpaired) electrons. The minimum absolute atomic E-state index is 0.00741. The molecule has 0 fully saturated rings. The highest BCUT2D eigenvalue weighted by Gasteiger charge is 2.02. The number of carbonyl (C=O) groups is 1. The topological polar surface area (TPSA) is 65.8 Å². The standard InChI is InChI=1S/C9H9N3O/c10-12-11-7-6-9(13)8-4-2-1-3-5-8/h1-5H,6-7H2. The molecule has 1 aromatic carbocycles. The van der Waals surface area contributed by atoms with E-state index in [1.807, 2.05) is 6.07 Å². The van der Waals surface area contributed by atoms with Gasteiger partial charge in [-0.15, -0.1) is 0 Å². The van der Waals surface area contributed by atoms with E-state index in [1.165, 1.54) is 0 Å². The summed E-state index contributed by atoms with van der Waals surface area (Å²) in [4.78, 5) is 13.9. The third kappa shape index (κ3) is 2.97. The summed E-state index contributed by atoms with van der Waals surface area (Å²) in [6.45, 7) is 0.226. The average molecular weight is 175 g/mol. The molecule has 0 amide bonds. The quantitative estimate of drug-likeness (QED) is 0.300. The molecule has 1 rings (SSSR count). The predicted molar refractivity (Wildman–Crippen MR) is 49.4 cm³/mol. The van der Waals surface area contributed by atoms with Crippen LogP contribution in [0.4, 0.5) is 0 Å². The molecule has 0 atom stereocenters. The van der Waals surface area contributed by atoms with Crippen molar-refractivity contribution in [2.75, 3.05) is 6.54 Å². The molecule has 0 aliphatic heterocycles. The van der Waals surface area contributed by atoms with E-state index < -0.39 is 0 Å². The minimum atomic E-state index is 0.00741. The molecule has 0 aliphatic carbocycles. The Kier molecular flexibility index (Phi) is 3.54. The van der Waals surface area contributed by atoms with Crippen molar-refractivity contribution in [1.82, 2.24) is 0 Å². The SMILES string of the molecule is [N-]=[N+]=NCCC(=O)c1ccccc1. The van der Waals surface area contributed by atoms with Crippen molar-refractivity contribution >= 4 is 5.78 Å². The molecule has 4 heteroatoms. The molecule has 0 saturated carbocycles. The van der Waals surface area contributed by atoms with Gasteiger partial charge in [-0.1, -0.05) is 35.4 Å². The fraction of sp³-hybridized carbons (Fsp3) is 0.222. The van der Waals surface area contributed by atoms with Gasteiger partial charge in [0.1, 0.15) is 0 Å². The highest BCUT2D eigenvalue weighted by Crippen LogP contribution is 2.02. The first-order chi connectivity index (χ1) is 6.34. The van der Waals surface area contributed by atoms with Gasteiger partial charge in [0.05, 0.1) is 0 Å². The summed E-state index contributed by atoms with van der Waals surface area (Å²) in [7, 11) is 0. The molecular weight excluding hydrogens is 166 g/mol. The maximum atomic E-state index is 11.3. The summed E-state index contributed by atoms with van der Waals surface area (Å²) >= 11 is 0. The lowest BCUT2D eigenvalue weighted by Crippen LogP contribution is -1.99. The number of Topliss-reactive ketones (excluding diaryl/α,β-unsaturated/α-hetero) is 1. The number of nitrogens with zero attached hydrogens (tertiary/aromatic N) is 3. The molecule has 0 unspecified atom stereocenters. The van der Waals surface area contributed by atoms with Gasteiger partial charge < -0.3 is 0 Å². The summed E-state index contributed by atoms with van der Waals surface area (Å²) < 4.78 is 0. The summed E-state index contributed by atoms with van der Waals surface area (Å²) in [6.07, 6.45) is 0.272. The van der Waals surface area contributed by atoms with E-state index in [-0.39, 0.29) is 18.7 Å². The minimum Gasteiger partial charge on any atom is -0.294 e. The van der Waals surface area contributed by atoms with Crippen LogP contribution >= 0.6 is 0 Å². The Bertz CT molecular complexity index is 328. The summed E-state index contributed by atoms with van der Waals surface area (Å²) in [5, 5.41) is 3.30. The maximum absolute atomic E-state index is 11.3. The second-order valence-corrected chi connectivity index (χ2v) is 2.49. The molecule has 0 aliphatic rings. The number of carbonyl (C=O) groups excluding carboxylic acids is 1. The van der Waals surface area contributed by atoms with Crippen molar-refractivity contribution in [3.8, 4) is 0 Å². The smallest absolute Gasteiger partial charge is 0.163 e. The molecule has 1 aromatic rings. The molecule has 0 aromatic heterocycles. The van der Waals surface area contributed by atoms with E-state index in [0.717, 1.165) is 0 Å². The van der Waals surface area contributed by atoms with Gasteiger partial charge in [0.2, 0.25) is 0 Å². The van der Waals surface area contributed by atoms with E-state index >= 15 is 0 Å². The number of hydrogen-bond donors (Lipinski definition) is 0. The normalized spacial score (nSPS) is 8.92. The largest absolute Gasteiger partial charge is 0.294 e. The van der Waals surface area contributed by atoms with Gasteiger partial charge in [-0.3, -0.25) is 4.79 Å². The Labute approximate surface area is 75.8 Å². The van der Waals surface area contributed by atoms with E-state index in [1.54, 1.807) is 24.3 Å². The monoisotopic (exact) mass is 175 g/mol. The van der Waals surface area contributed by atoms with Gasteiger partial charge in [-0.25, -0.2) is 0 Å². The van der Waals surface area contributed by atoms with Crippen LogP contribution in [-0.2, 0) is 0 Å². The Morgan fingerprint density at radius 2 is 2.08 bits per heavy atom. The fourth-order valence-electron chi connectivity index (χ4n) is 0.965. The third-order valence-electron chi connectivity index (χ3n) is 1.60. The van der Waals surface area contributed by atoms with E-state index in [9.17, 15) is 4.79 Å². The van der Waals surface area contributed by atoms with Crippen LogP contribution < -0.4 is 0 Å². The molecule has 0 N–H and O–H groups in total. The molecule has 13 heavy (non-hydrogen) atoms. The average Bonchev–Trinajstić information content (AvgIpc) is 2.19. The highest BCUT2D eigenvalue weighted by atomic mass is 16.1. The number of hydrogen-bond acceptors (Lipinski definition) is 2. The van der Waals surface area contributed by atoms with Crippen molar-refractivity contribution in [1.29, 1.82) is 0 Å². The Morgan fingerprint density at radius 1 is 1.38 bits per heavy atom. The second kappa shape index (κ2) is 4.95. The Morgan fingerprint density at radius 3 is 2.69 bits per heavy atom. The molecule has 66 valence electrons. The molecule has 0 bridgehead atoms. The van der Waals surface area contributed by atoms with Gasteiger partial charge in [0.15, 0.2) is 5.78 Å². The number of benzene rings is 1. The van der Waals surface area contributed by atoms with Crippen LogP contribution in [0.25, 0.3) is 10.4 Å². The Balaban J connectivity index is 2.54. The molecule has 0 spiro atoms. The van der Waals surface area contributed by atoms with Crippen LogP contribution in [0.1, 0.15) is 16.8 Å². The van der Waals surface area contributed by atoms with Gasteiger partial charge in [0, 0.05) is 23.4 Å². The number of azide groups is 1. The lowest BCUT2D eigenvalue weighted by atomic mass is 10.1. The second-order valence-electron chi connectivity index (χ2n) is 2.49. The maximum Gasteiger partial charge on any atom is 0.163 e. The van der Waals surface area contributed by atoms with Gasteiger partial charge in [-0.2, -0.15) is 0 Å². The van der Waals surface area contributed by atoms with Crippen molar-refractivity contribution in [2.45, 2.75) is 6.42 Å². The number of rotatable bonds is 4. The molecule has 4 nitrogen and oxygen atoms in total. The van der Waals surface area contributed by atoms with Crippen molar-refractivity contribution in [3.63, 3.8) is 0 Å². The first-order valence-electron chi connectivity index (χ1n) is 3.93. The van der Waals surface area contributed by atoms with Crippen molar-refractivity contribution in [3.05, 3.63) is 46.3 Å². The van der Waals surface area contributed by atoms with Crippen LogP contribution in [0.15, 0.2) is 35.4 Å². The molecule has 0 heterocycles. The molecular formula is C9H9N3O. The zero-order valence-electron chi connectivity index (χ0n) is 7.05. The van der Waals surface area contributed by atoms with E-state index in [2.05, 4.69) is 10.0 Å². The van der Waals surface area contributed by atoms with Crippen molar-refractivity contribution in [2.24, 2.45) is 5.11 Å². The van der Waals surface area contributed by atoms with Crippen molar-refractivity contribution < 1.29 is 4.79 Å². The van der Waals surface area contributed by atoms with Crippen LogP contribution in [0.2, 0.25) is 0 Å². The van der Waals surface area contributed by atoms with E-state index in [4.69, 9.17) is 5.53 Å². The van der Waals surface area contributed by atoms with Gasteiger partial charge in [0.25, 0.3) is 0 Å². The predicted octanol–water partition coefficient (Wildman–Crippen LogP) is 2.57. The first kappa shape index (κ1) is 9.29. The van der Waals surface area contributed by atoms with Gasteiger partial charge >= 0.3 is 0 Å². The zero-order valence-corrected chi connectivity index (χ0v) is 7.05. The first-order valence-corrected chi connectivity index (χ1v) is 3.93. The van der Waals surface area contributed by atoms with Crippen LogP contribution in [0.5, 0.6) is 0 Å². The highest BCUT2D eigenvalue weighted by molar-refractivity contribution is 5.96. The van der Waals surface area contributed by atoms with E-state index in [0.29, 0.717) is 5.56 Å². The number of ketones is 1. The van der Waals surface area contributed by atoms with Crippen LogP contribution in [0.3, 0.4) is 0 Å². The van der Waals surface area contributed by atoms with Crippen LogP contribution in [-0.4, -0.2) is 12.3 Å². The summed E-state index contributed by atoms with van der Waals surface area (Å²) in [6, 6.07) is 8.96.